The van der Waals surface area contributed by atoms with E-state index in [2.05, 4.69) is 25.2 Å². The lowest BCUT2D eigenvalue weighted by Crippen LogP contribution is -2.41. The smallest absolute Gasteiger partial charge is 0.308 e. The molecule has 0 aromatic carbocycles. The van der Waals surface area contributed by atoms with Gasteiger partial charge in [0, 0.05) is 6.04 Å². The second-order valence-electron chi connectivity index (χ2n) is 4.63. The fourth-order valence-corrected chi connectivity index (χ4v) is 1.87. The third-order valence-electron chi connectivity index (χ3n) is 2.88. The molecule has 0 fully saturated rings. The number of hydrogen-bond acceptors (Lipinski definition) is 2. The zero-order chi connectivity index (χ0) is 11.3. The fourth-order valence-electron chi connectivity index (χ4n) is 1.87. The molecule has 1 aliphatic carbocycles. The van der Waals surface area contributed by atoms with Crippen molar-refractivity contribution >= 4 is 5.97 Å². The Bertz CT molecular complexity index is 236. The molecule has 15 heavy (non-hydrogen) atoms. The fraction of sp³-hybridized carbons (Fsp3) is 0.750. The van der Waals surface area contributed by atoms with Gasteiger partial charge in [0.2, 0.25) is 0 Å². The van der Waals surface area contributed by atoms with E-state index in [9.17, 15) is 4.79 Å². The third kappa shape index (κ3) is 4.04. The van der Waals surface area contributed by atoms with Crippen molar-refractivity contribution in [3.8, 4) is 0 Å². The van der Waals surface area contributed by atoms with Gasteiger partial charge in [-0.2, -0.15) is 0 Å². The predicted octanol–water partition coefficient (Wildman–Crippen LogP) is 2.04. The highest BCUT2D eigenvalue weighted by Gasteiger charge is 2.27. The molecule has 0 bridgehead atoms. The Balaban J connectivity index is 2.37. The lowest BCUT2D eigenvalue weighted by atomic mass is 9.89. The number of aliphatic carboxylic acids is 1. The van der Waals surface area contributed by atoms with Crippen LogP contribution in [-0.4, -0.2) is 23.7 Å². The molecule has 0 heterocycles. The molecule has 2 unspecified atom stereocenters. The highest BCUT2D eigenvalue weighted by atomic mass is 16.4. The summed E-state index contributed by atoms with van der Waals surface area (Å²) in [5.74, 6) is -0.261. The first-order chi connectivity index (χ1) is 7.11. The number of carboxylic acids is 1. The quantitative estimate of drug-likeness (QED) is 0.684. The van der Waals surface area contributed by atoms with Crippen molar-refractivity contribution in [3.63, 3.8) is 0 Å². The number of carboxylic acid groups (broad SMARTS) is 1. The van der Waals surface area contributed by atoms with E-state index in [1.165, 1.54) is 0 Å². The zero-order valence-electron chi connectivity index (χ0n) is 9.57. The van der Waals surface area contributed by atoms with Crippen LogP contribution in [0.2, 0.25) is 0 Å². The van der Waals surface area contributed by atoms with Crippen LogP contribution in [0.4, 0.5) is 0 Å². The molecule has 2 atom stereocenters. The van der Waals surface area contributed by atoms with Crippen LogP contribution in [-0.2, 0) is 4.79 Å². The Labute approximate surface area is 91.6 Å². The molecule has 0 spiro atoms. The standard InChI is InChI=1S/C12H21NO2/c1-9(2)7-8-13-11-6-4-3-5-10(11)12(14)15/h3-4,9-11,13H,5-8H2,1-2H3,(H,14,15). The van der Waals surface area contributed by atoms with Gasteiger partial charge in [-0.25, -0.2) is 0 Å². The molecule has 3 nitrogen and oxygen atoms in total. The molecule has 1 aliphatic rings. The summed E-state index contributed by atoms with van der Waals surface area (Å²) in [6, 6.07) is 0.117. The third-order valence-corrected chi connectivity index (χ3v) is 2.88. The number of carbonyl (C=O) groups is 1. The average Bonchev–Trinajstić information content (AvgIpc) is 2.17. The molecule has 0 saturated carbocycles. The van der Waals surface area contributed by atoms with Crippen molar-refractivity contribution in [2.75, 3.05) is 6.54 Å². The summed E-state index contributed by atoms with van der Waals surface area (Å²) in [5.41, 5.74) is 0. The Morgan fingerprint density at radius 1 is 1.47 bits per heavy atom. The van der Waals surface area contributed by atoms with Crippen molar-refractivity contribution in [2.24, 2.45) is 11.8 Å². The lowest BCUT2D eigenvalue weighted by molar-refractivity contribution is -0.142. The second-order valence-corrected chi connectivity index (χ2v) is 4.63. The van der Waals surface area contributed by atoms with E-state index >= 15 is 0 Å². The molecule has 0 radical (unpaired) electrons. The molecule has 86 valence electrons. The molecule has 0 aromatic heterocycles. The van der Waals surface area contributed by atoms with Gasteiger partial charge in [0.15, 0.2) is 0 Å². The molecule has 0 aliphatic heterocycles. The molecule has 0 amide bonds. The first kappa shape index (κ1) is 12.2. The van der Waals surface area contributed by atoms with Crippen LogP contribution < -0.4 is 5.32 Å². The summed E-state index contributed by atoms with van der Waals surface area (Å²) in [6.45, 7) is 5.27. The van der Waals surface area contributed by atoms with Crippen molar-refractivity contribution in [1.29, 1.82) is 0 Å². The maximum absolute atomic E-state index is 11.0. The predicted molar refractivity (Wildman–Crippen MR) is 60.7 cm³/mol. The Kier molecular flexibility index (Phi) is 4.82. The molecule has 1 rings (SSSR count). The van der Waals surface area contributed by atoms with Crippen molar-refractivity contribution in [3.05, 3.63) is 12.2 Å². The van der Waals surface area contributed by atoms with Gasteiger partial charge in [-0.1, -0.05) is 26.0 Å². The van der Waals surface area contributed by atoms with Gasteiger partial charge in [0.25, 0.3) is 0 Å². The zero-order valence-corrected chi connectivity index (χ0v) is 9.57. The first-order valence-electron chi connectivity index (χ1n) is 5.72. The van der Waals surface area contributed by atoms with E-state index in [-0.39, 0.29) is 12.0 Å². The second kappa shape index (κ2) is 5.91. The van der Waals surface area contributed by atoms with Crippen molar-refractivity contribution in [2.45, 2.75) is 39.2 Å². The van der Waals surface area contributed by atoms with E-state index in [1.54, 1.807) is 0 Å². The minimum absolute atomic E-state index is 0.117. The molecule has 0 aromatic rings. The van der Waals surface area contributed by atoms with Crippen LogP contribution in [0, 0.1) is 11.8 Å². The highest BCUT2D eigenvalue weighted by molar-refractivity contribution is 5.71. The van der Waals surface area contributed by atoms with Crippen molar-refractivity contribution in [1.82, 2.24) is 5.32 Å². The Morgan fingerprint density at radius 2 is 2.13 bits per heavy atom. The van der Waals surface area contributed by atoms with Gasteiger partial charge >= 0.3 is 5.97 Å². The molecule has 3 heteroatoms. The Morgan fingerprint density at radius 3 is 2.73 bits per heavy atom. The summed E-state index contributed by atoms with van der Waals surface area (Å²) in [4.78, 5) is 11.0. The van der Waals surface area contributed by atoms with Crippen LogP contribution in [0.1, 0.15) is 33.1 Å². The summed E-state index contributed by atoms with van der Waals surface area (Å²) >= 11 is 0. The van der Waals surface area contributed by atoms with Crippen LogP contribution >= 0.6 is 0 Å². The van der Waals surface area contributed by atoms with E-state index in [0.717, 1.165) is 19.4 Å². The van der Waals surface area contributed by atoms with Gasteiger partial charge in [-0.3, -0.25) is 4.79 Å². The van der Waals surface area contributed by atoms with Gasteiger partial charge in [-0.15, -0.1) is 0 Å². The summed E-state index contributed by atoms with van der Waals surface area (Å²) < 4.78 is 0. The summed E-state index contributed by atoms with van der Waals surface area (Å²) in [5, 5.41) is 12.4. The first-order valence-corrected chi connectivity index (χ1v) is 5.72. The van der Waals surface area contributed by atoms with Crippen LogP contribution in [0.25, 0.3) is 0 Å². The van der Waals surface area contributed by atoms with E-state index in [1.807, 2.05) is 6.08 Å². The number of hydrogen-bond donors (Lipinski definition) is 2. The maximum atomic E-state index is 11.0. The lowest BCUT2D eigenvalue weighted by Gasteiger charge is -2.26. The van der Waals surface area contributed by atoms with E-state index in [4.69, 9.17) is 5.11 Å². The van der Waals surface area contributed by atoms with Gasteiger partial charge in [0.05, 0.1) is 5.92 Å². The van der Waals surface area contributed by atoms with Crippen LogP contribution in [0.15, 0.2) is 12.2 Å². The minimum atomic E-state index is -0.679. The largest absolute Gasteiger partial charge is 0.481 e. The van der Waals surface area contributed by atoms with Crippen LogP contribution in [0.5, 0.6) is 0 Å². The molecule has 0 saturated heterocycles. The molecule has 2 N–H and O–H groups in total. The SMILES string of the molecule is CC(C)CCNC1CC=CCC1C(=O)O. The minimum Gasteiger partial charge on any atom is -0.481 e. The average molecular weight is 211 g/mol. The van der Waals surface area contributed by atoms with Gasteiger partial charge in [-0.05, 0) is 31.7 Å². The highest BCUT2D eigenvalue weighted by Crippen LogP contribution is 2.19. The molecular formula is C12H21NO2. The summed E-state index contributed by atoms with van der Waals surface area (Å²) in [7, 11) is 0. The van der Waals surface area contributed by atoms with Gasteiger partial charge < -0.3 is 10.4 Å². The maximum Gasteiger partial charge on any atom is 0.308 e. The van der Waals surface area contributed by atoms with Gasteiger partial charge in [0.1, 0.15) is 0 Å². The van der Waals surface area contributed by atoms with E-state index in [0.29, 0.717) is 12.3 Å². The number of nitrogens with one attached hydrogen (secondary N) is 1. The summed E-state index contributed by atoms with van der Waals surface area (Å²) in [6.07, 6.45) is 6.65. The van der Waals surface area contributed by atoms with E-state index < -0.39 is 5.97 Å². The topological polar surface area (TPSA) is 49.3 Å². The van der Waals surface area contributed by atoms with Crippen LogP contribution in [0.3, 0.4) is 0 Å². The monoisotopic (exact) mass is 211 g/mol. The van der Waals surface area contributed by atoms with Crippen molar-refractivity contribution < 1.29 is 9.90 Å². The number of allylic oxidation sites excluding steroid dienone is 1. The Hall–Kier alpha value is -0.830. The normalized spacial score (nSPS) is 25.8. The number of rotatable bonds is 5. The molecular weight excluding hydrogens is 190 g/mol.